The van der Waals surface area contributed by atoms with E-state index < -0.39 is 31.3 Å². The van der Waals surface area contributed by atoms with Gasteiger partial charge in [0.1, 0.15) is 6.10 Å². The van der Waals surface area contributed by atoms with Crippen LogP contribution in [0.4, 0.5) is 0 Å². The molecule has 10 nitrogen and oxygen atoms in total. The van der Waals surface area contributed by atoms with Crippen LogP contribution in [0.15, 0.2) is 24.3 Å². The van der Waals surface area contributed by atoms with E-state index in [-0.39, 0.29) is 94.2 Å². The van der Waals surface area contributed by atoms with Crippen molar-refractivity contribution in [3.63, 3.8) is 0 Å². The molecule has 126 valence electrons. The van der Waals surface area contributed by atoms with Gasteiger partial charge in [-0.25, -0.2) is 12.6 Å². The third-order valence-electron chi connectivity index (χ3n) is 1.13. The van der Waals surface area contributed by atoms with Crippen LogP contribution in [0.5, 0.6) is 0 Å². The fourth-order valence-corrected chi connectivity index (χ4v) is 0.303. The number of carboxylic acids is 1. The van der Waals surface area contributed by atoms with Crippen LogP contribution in [0, 0.1) is 0 Å². The number of allylic oxidation sites excluding steroid dienone is 3. The van der Waals surface area contributed by atoms with Crippen LogP contribution in [0.25, 0.3) is 0 Å². The molecule has 0 aromatic heterocycles. The van der Waals surface area contributed by atoms with Crippen molar-refractivity contribution in [2.24, 2.45) is 0 Å². The van der Waals surface area contributed by atoms with Gasteiger partial charge in [0.25, 0.3) is 10.1 Å². The monoisotopic (exact) mass is 410 g/mol. The van der Waals surface area contributed by atoms with Crippen LogP contribution in [0.3, 0.4) is 0 Å². The average molecular weight is 410 g/mol. The Hall–Kier alpha value is 1.49. The van der Waals surface area contributed by atoms with E-state index >= 15 is 0 Å². The number of carbonyl (C=O) groups is 1. The van der Waals surface area contributed by atoms with E-state index in [0.717, 1.165) is 6.08 Å². The van der Waals surface area contributed by atoms with Gasteiger partial charge in [-0.2, -0.15) is 0 Å². The molecule has 0 aromatic carbocycles. The molecule has 1 unspecified atom stereocenters. The Labute approximate surface area is 200 Å². The second-order valence-corrected chi connectivity index (χ2v) is 6.18. The fourth-order valence-electron chi connectivity index (χ4n) is 0.303. The first-order valence-electron chi connectivity index (χ1n) is 5.00. The van der Waals surface area contributed by atoms with Crippen LogP contribution in [-0.2, 0) is 24.1 Å². The van der Waals surface area contributed by atoms with E-state index in [0.29, 0.717) is 0 Å². The summed E-state index contributed by atoms with van der Waals surface area (Å²) in [6, 6.07) is 0. The number of hydrogen-bond acceptors (Lipinski definition) is 9. The van der Waals surface area contributed by atoms with Gasteiger partial charge < -0.3 is 29.8 Å². The van der Waals surface area contributed by atoms with Crippen molar-refractivity contribution in [3.8, 4) is 0 Å². The SMILES string of the molecule is C/C=C/C=C/C(=O)[O-].O=S(O)S(=O)(=O)[O-].OCC(O)CO.[K+].[Na+]. The summed E-state index contributed by atoms with van der Waals surface area (Å²) in [5.41, 5.74) is 0. The molecule has 0 aliphatic rings. The van der Waals surface area contributed by atoms with E-state index in [2.05, 4.69) is 0 Å². The van der Waals surface area contributed by atoms with Gasteiger partial charge >= 0.3 is 80.9 Å². The molecule has 14 heteroatoms. The number of aliphatic hydroxyl groups excluding tert-OH is 3. The second-order valence-electron chi connectivity index (χ2n) is 2.85. The summed E-state index contributed by atoms with van der Waals surface area (Å²) < 4.78 is 44.4. The molecule has 1 atom stereocenters. The van der Waals surface area contributed by atoms with E-state index in [4.69, 9.17) is 19.9 Å². The summed E-state index contributed by atoms with van der Waals surface area (Å²) in [6.45, 7) is 1.08. The predicted octanol–water partition coefficient (Wildman–Crippen LogP) is -9.12. The Bertz CT molecular complexity index is 447. The largest absolute Gasteiger partial charge is 1.00 e. The molecular weight excluding hydrogens is 394 g/mol. The Morgan fingerprint density at radius 3 is 1.74 bits per heavy atom. The number of hydrogen-bond donors (Lipinski definition) is 4. The molecule has 0 spiro atoms. The first-order chi connectivity index (χ1) is 9.52. The Morgan fingerprint density at radius 1 is 1.26 bits per heavy atom. The van der Waals surface area contributed by atoms with Crippen molar-refractivity contribution >= 4 is 25.2 Å². The molecule has 0 aromatic rings. The minimum atomic E-state index is -4.96. The number of carboxylic acid groups (broad SMARTS) is 1. The van der Waals surface area contributed by atoms with Crippen LogP contribution < -0.4 is 86.0 Å². The maximum absolute atomic E-state index is 9.64. The van der Waals surface area contributed by atoms with Crippen molar-refractivity contribution in [2.45, 2.75) is 13.0 Å². The van der Waals surface area contributed by atoms with Crippen LogP contribution in [0.2, 0.25) is 0 Å². The van der Waals surface area contributed by atoms with Gasteiger partial charge in [-0.15, -0.1) is 0 Å². The van der Waals surface area contributed by atoms with Gasteiger partial charge in [0.05, 0.1) is 19.2 Å². The summed E-state index contributed by atoms with van der Waals surface area (Å²) in [5, 5.41) is 33.7. The molecule has 0 heterocycles. The molecule has 23 heavy (non-hydrogen) atoms. The normalized spacial score (nSPS) is 11.4. The zero-order chi connectivity index (χ0) is 17.5. The van der Waals surface area contributed by atoms with Crippen molar-refractivity contribution in [3.05, 3.63) is 24.3 Å². The van der Waals surface area contributed by atoms with Gasteiger partial charge in [0.2, 0.25) is 9.15 Å². The number of rotatable bonds is 5. The van der Waals surface area contributed by atoms with E-state index in [1.165, 1.54) is 6.08 Å². The van der Waals surface area contributed by atoms with E-state index in [1.54, 1.807) is 19.1 Å². The average Bonchev–Trinajstić information content (AvgIpc) is 2.38. The zero-order valence-electron chi connectivity index (χ0n) is 12.9. The summed E-state index contributed by atoms with van der Waals surface area (Å²) in [4.78, 5) is 9.64. The molecule has 4 N–H and O–H groups in total. The Kier molecular flexibility index (Phi) is 36.3. The predicted molar refractivity (Wildman–Crippen MR) is 69.6 cm³/mol. The quantitative estimate of drug-likeness (QED) is 0.0843. The van der Waals surface area contributed by atoms with Gasteiger partial charge in [-0.1, -0.05) is 18.2 Å². The molecular formula is C9H16KNaO10S2. The minimum Gasteiger partial charge on any atom is -0.736 e. The van der Waals surface area contributed by atoms with Gasteiger partial charge in [-0.3, -0.25) is 4.55 Å². The molecule has 0 radical (unpaired) electrons. The first-order valence-corrected chi connectivity index (χ1v) is 8.03. The maximum Gasteiger partial charge on any atom is 1.00 e. The van der Waals surface area contributed by atoms with Crippen LogP contribution in [0.1, 0.15) is 6.92 Å². The number of carbonyl (C=O) groups excluding carboxylic acids is 1. The van der Waals surface area contributed by atoms with Crippen LogP contribution >= 0.6 is 0 Å². The Balaban J connectivity index is -0.0000000681. The van der Waals surface area contributed by atoms with Crippen LogP contribution in [-0.4, -0.2) is 62.3 Å². The molecule has 0 aliphatic carbocycles. The second kappa shape index (κ2) is 23.5. The summed E-state index contributed by atoms with van der Waals surface area (Å²) in [6.07, 6.45) is 4.79. The van der Waals surface area contributed by atoms with Crippen molar-refractivity contribution in [1.29, 1.82) is 0 Å². The molecule has 0 aliphatic heterocycles. The smallest absolute Gasteiger partial charge is 0.736 e. The third kappa shape index (κ3) is 39.9. The molecule has 0 amide bonds. The van der Waals surface area contributed by atoms with E-state index in [1.807, 2.05) is 0 Å². The van der Waals surface area contributed by atoms with Gasteiger partial charge in [-0.05, 0) is 13.0 Å². The van der Waals surface area contributed by atoms with Crippen molar-refractivity contribution in [1.82, 2.24) is 0 Å². The molecule has 0 rings (SSSR count). The summed E-state index contributed by atoms with van der Waals surface area (Å²) in [7, 11) is -8.23. The number of aliphatic hydroxyl groups is 3. The molecule has 0 saturated heterocycles. The topological polar surface area (TPSA) is 195 Å². The number of aliphatic carboxylic acids is 1. The fraction of sp³-hybridized carbons (Fsp3) is 0.444. The minimum absolute atomic E-state index is 0. The first kappa shape index (κ1) is 35.6. The van der Waals surface area contributed by atoms with E-state index in [9.17, 15) is 27.1 Å². The Morgan fingerprint density at radius 2 is 1.61 bits per heavy atom. The maximum atomic E-state index is 9.64. The van der Waals surface area contributed by atoms with Gasteiger partial charge in [0, 0.05) is 0 Å². The van der Waals surface area contributed by atoms with Gasteiger partial charge in [0.15, 0.2) is 0 Å². The molecule has 0 fully saturated rings. The summed E-state index contributed by atoms with van der Waals surface area (Å²) in [5.74, 6) is -1.16. The molecule has 0 saturated carbocycles. The zero-order valence-corrected chi connectivity index (χ0v) is 19.6. The standard InChI is InChI=1S/C6H8O2.C3H8O3.K.Na.H2O5S2/c1-2-3-4-5-6(7)8;4-1-3(6)2-5;;;1-6(2)7(3,4)5/h2-5H,1H3,(H,7,8);3-6H,1-2H2;;;(H,1,2)(H,3,4,5)/q;;2*+1;/p-2/b3-2+,5-4+;;;;. The third-order valence-corrected chi connectivity index (χ3v) is 2.53. The summed E-state index contributed by atoms with van der Waals surface area (Å²) >= 11 is 0. The molecule has 0 bridgehead atoms. The van der Waals surface area contributed by atoms with Crippen molar-refractivity contribution < 1.29 is 128 Å². The van der Waals surface area contributed by atoms with Crippen molar-refractivity contribution in [2.75, 3.05) is 13.2 Å².